The maximum absolute atomic E-state index is 13.1. The minimum atomic E-state index is 0.0410. The topological polar surface area (TPSA) is 50.5 Å². The van der Waals surface area contributed by atoms with Crippen molar-refractivity contribution in [2.45, 2.75) is 19.4 Å². The summed E-state index contributed by atoms with van der Waals surface area (Å²) in [6.07, 6.45) is 6.38. The molecule has 3 aromatic heterocycles. The standard InChI is InChI=1S/C23H21ClN4O/c24-19-9-10-22-26-21(17-28(22)16-19)14-23(29)27(15-18-6-2-1-3-7-18)13-11-20-8-4-5-12-25-20/h1-10,12,16-17H,11,13-15H2. The molecule has 0 N–H and O–H groups in total. The van der Waals surface area contributed by atoms with Crippen LogP contribution < -0.4 is 0 Å². The highest BCUT2D eigenvalue weighted by Crippen LogP contribution is 2.14. The first-order valence-electron chi connectivity index (χ1n) is 9.52. The second-order valence-electron chi connectivity index (χ2n) is 6.89. The number of hydrogen-bond donors (Lipinski definition) is 0. The van der Waals surface area contributed by atoms with E-state index in [1.54, 1.807) is 18.5 Å². The lowest BCUT2D eigenvalue weighted by molar-refractivity contribution is -0.131. The third-order valence-electron chi connectivity index (χ3n) is 4.73. The largest absolute Gasteiger partial charge is 0.338 e. The van der Waals surface area contributed by atoms with Crippen molar-refractivity contribution in [2.24, 2.45) is 0 Å². The number of rotatable bonds is 7. The number of benzene rings is 1. The van der Waals surface area contributed by atoms with Crippen molar-refractivity contribution in [3.05, 3.63) is 101 Å². The Kier molecular flexibility index (Phi) is 5.86. The lowest BCUT2D eigenvalue weighted by Gasteiger charge is -2.22. The van der Waals surface area contributed by atoms with Crippen molar-refractivity contribution in [2.75, 3.05) is 6.54 Å². The maximum atomic E-state index is 13.1. The molecule has 1 amide bonds. The molecule has 0 radical (unpaired) electrons. The van der Waals surface area contributed by atoms with Gasteiger partial charge in [-0.05, 0) is 29.8 Å². The summed E-state index contributed by atoms with van der Waals surface area (Å²) in [5.41, 5.74) is 3.58. The van der Waals surface area contributed by atoms with Gasteiger partial charge in [-0.15, -0.1) is 0 Å². The van der Waals surface area contributed by atoms with Gasteiger partial charge in [-0.3, -0.25) is 9.78 Å². The highest BCUT2D eigenvalue weighted by molar-refractivity contribution is 6.30. The predicted octanol–water partition coefficient (Wildman–Crippen LogP) is 4.20. The van der Waals surface area contributed by atoms with E-state index in [9.17, 15) is 4.79 Å². The lowest BCUT2D eigenvalue weighted by atomic mass is 10.1. The van der Waals surface area contributed by atoms with E-state index < -0.39 is 0 Å². The Hall–Kier alpha value is -3.18. The Morgan fingerprint density at radius 1 is 0.966 bits per heavy atom. The van der Waals surface area contributed by atoms with Gasteiger partial charge in [-0.2, -0.15) is 0 Å². The third-order valence-corrected chi connectivity index (χ3v) is 4.95. The Morgan fingerprint density at radius 2 is 1.79 bits per heavy atom. The molecule has 1 aromatic carbocycles. The number of carbonyl (C=O) groups excluding carboxylic acids is 1. The molecule has 0 spiro atoms. The number of carbonyl (C=O) groups is 1. The number of hydrogen-bond acceptors (Lipinski definition) is 3. The summed E-state index contributed by atoms with van der Waals surface area (Å²) in [7, 11) is 0. The van der Waals surface area contributed by atoms with Gasteiger partial charge in [0.1, 0.15) is 5.65 Å². The number of imidazole rings is 1. The summed E-state index contributed by atoms with van der Waals surface area (Å²) >= 11 is 6.04. The average Bonchev–Trinajstić information content (AvgIpc) is 3.13. The van der Waals surface area contributed by atoms with Gasteiger partial charge in [0.25, 0.3) is 0 Å². The van der Waals surface area contributed by atoms with Crippen LogP contribution in [0.3, 0.4) is 0 Å². The second-order valence-corrected chi connectivity index (χ2v) is 7.33. The monoisotopic (exact) mass is 404 g/mol. The van der Waals surface area contributed by atoms with Crippen LogP contribution in [0.4, 0.5) is 0 Å². The van der Waals surface area contributed by atoms with Crippen LogP contribution in [0.5, 0.6) is 0 Å². The van der Waals surface area contributed by atoms with Gasteiger partial charge < -0.3 is 9.30 Å². The summed E-state index contributed by atoms with van der Waals surface area (Å²) in [6, 6.07) is 19.5. The highest BCUT2D eigenvalue weighted by atomic mass is 35.5. The fourth-order valence-electron chi connectivity index (χ4n) is 3.26. The maximum Gasteiger partial charge on any atom is 0.228 e. The number of amides is 1. The van der Waals surface area contributed by atoms with Crippen molar-refractivity contribution < 1.29 is 4.79 Å². The van der Waals surface area contributed by atoms with Crippen LogP contribution in [0.15, 0.2) is 79.3 Å². The van der Waals surface area contributed by atoms with Gasteiger partial charge >= 0.3 is 0 Å². The molecular weight excluding hydrogens is 384 g/mol. The Morgan fingerprint density at radius 3 is 2.59 bits per heavy atom. The molecule has 0 bridgehead atoms. The van der Waals surface area contributed by atoms with Crippen LogP contribution in [-0.2, 0) is 24.2 Å². The van der Waals surface area contributed by atoms with Crippen molar-refractivity contribution in [3.8, 4) is 0 Å². The molecule has 4 rings (SSSR count). The fourth-order valence-corrected chi connectivity index (χ4v) is 3.43. The van der Waals surface area contributed by atoms with E-state index in [4.69, 9.17) is 11.6 Å². The van der Waals surface area contributed by atoms with E-state index in [1.807, 2.05) is 70.1 Å². The molecule has 0 aliphatic carbocycles. The molecule has 0 aliphatic heterocycles. The number of fused-ring (bicyclic) bond motifs is 1. The minimum Gasteiger partial charge on any atom is -0.338 e. The molecule has 29 heavy (non-hydrogen) atoms. The van der Waals surface area contributed by atoms with Crippen molar-refractivity contribution in [1.29, 1.82) is 0 Å². The van der Waals surface area contributed by atoms with Gasteiger partial charge in [0, 0.05) is 43.8 Å². The van der Waals surface area contributed by atoms with Crippen LogP contribution in [0.1, 0.15) is 17.0 Å². The molecule has 146 valence electrons. The number of halogens is 1. The number of aromatic nitrogens is 3. The first kappa shape index (κ1) is 19.2. The summed E-state index contributed by atoms with van der Waals surface area (Å²) < 4.78 is 1.85. The molecule has 0 atom stereocenters. The Bertz CT molecular complexity index is 1100. The summed E-state index contributed by atoms with van der Waals surface area (Å²) in [5.74, 6) is 0.0410. The van der Waals surface area contributed by atoms with Crippen LogP contribution >= 0.6 is 11.6 Å². The van der Waals surface area contributed by atoms with Gasteiger partial charge in [0.05, 0.1) is 17.1 Å². The molecule has 0 aliphatic rings. The number of nitrogens with zero attached hydrogens (tertiary/aromatic N) is 4. The molecule has 0 saturated carbocycles. The zero-order valence-corrected chi connectivity index (χ0v) is 16.7. The summed E-state index contributed by atoms with van der Waals surface area (Å²) in [6.45, 7) is 1.16. The van der Waals surface area contributed by atoms with E-state index in [2.05, 4.69) is 9.97 Å². The molecule has 3 heterocycles. The Balaban J connectivity index is 1.50. The molecule has 5 nitrogen and oxygen atoms in total. The summed E-state index contributed by atoms with van der Waals surface area (Å²) in [5, 5.41) is 0.633. The van der Waals surface area contributed by atoms with Crippen molar-refractivity contribution in [3.63, 3.8) is 0 Å². The molecule has 0 fully saturated rings. The lowest BCUT2D eigenvalue weighted by Crippen LogP contribution is -2.33. The smallest absolute Gasteiger partial charge is 0.228 e. The molecule has 4 aromatic rings. The quantitative estimate of drug-likeness (QED) is 0.464. The van der Waals surface area contributed by atoms with Crippen LogP contribution in [-0.4, -0.2) is 31.7 Å². The van der Waals surface area contributed by atoms with Crippen LogP contribution in [0.25, 0.3) is 5.65 Å². The van der Waals surface area contributed by atoms with Crippen molar-refractivity contribution >= 4 is 23.2 Å². The van der Waals surface area contributed by atoms with Gasteiger partial charge in [-0.1, -0.05) is 48.0 Å². The summed E-state index contributed by atoms with van der Waals surface area (Å²) in [4.78, 5) is 23.9. The average molecular weight is 405 g/mol. The molecule has 6 heteroatoms. The van der Waals surface area contributed by atoms with E-state index in [1.165, 1.54) is 0 Å². The predicted molar refractivity (Wildman–Crippen MR) is 114 cm³/mol. The molecule has 0 unspecified atom stereocenters. The second kappa shape index (κ2) is 8.88. The van der Waals surface area contributed by atoms with E-state index in [-0.39, 0.29) is 12.3 Å². The van der Waals surface area contributed by atoms with E-state index in [0.717, 1.165) is 22.6 Å². The van der Waals surface area contributed by atoms with Gasteiger partial charge in [0.15, 0.2) is 0 Å². The zero-order chi connectivity index (χ0) is 20.1. The van der Waals surface area contributed by atoms with Crippen LogP contribution in [0.2, 0.25) is 5.02 Å². The normalized spacial score (nSPS) is 10.9. The van der Waals surface area contributed by atoms with Crippen LogP contribution in [0, 0.1) is 0 Å². The minimum absolute atomic E-state index is 0.0410. The number of pyridine rings is 2. The Labute approximate surface area is 174 Å². The molecular formula is C23H21ClN4O. The first-order valence-corrected chi connectivity index (χ1v) is 9.90. The highest BCUT2D eigenvalue weighted by Gasteiger charge is 2.17. The first-order chi connectivity index (χ1) is 14.2. The fraction of sp³-hybridized carbons (Fsp3) is 0.174. The van der Waals surface area contributed by atoms with Gasteiger partial charge in [0.2, 0.25) is 5.91 Å². The molecule has 0 saturated heterocycles. The van der Waals surface area contributed by atoms with E-state index >= 15 is 0 Å². The van der Waals surface area contributed by atoms with Crippen molar-refractivity contribution in [1.82, 2.24) is 19.3 Å². The van der Waals surface area contributed by atoms with E-state index in [0.29, 0.717) is 24.5 Å². The zero-order valence-electron chi connectivity index (χ0n) is 15.9. The third kappa shape index (κ3) is 5.00. The van der Waals surface area contributed by atoms with Gasteiger partial charge in [-0.25, -0.2) is 4.98 Å². The SMILES string of the molecule is O=C(Cc1cn2cc(Cl)ccc2n1)N(CCc1ccccn1)Cc1ccccc1.